The number of carbonyl (C=O) groups is 3. The van der Waals surface area contributed by atoms with E-state index in [-0.39, 0.29) is 24.3 Å². The molecule has 3 aliphatic rings. The molecule has 3 heterocycles. The zero-order chi connectivity index (χ0) is 22.9. The molecule has 7 heteroatoms. The van der Waals surface area contributed by atoms with E-state index >= 15 is 0 Å². The van der Waals surface area contributed by atoms with Crippen LogP contribution in [0.15, 0.2) is 24.3 Å². The lowest BCUT2D eigenvalue weighted by atomic mass is 9.92. The van der Waals surface area contributed by atoms with Gasteiger partial charge in [0.2, 0.25) is 11.8 Å². The maximum Gasteiger partial charge on any atom is 0.258 e. The minimum Gasteiger partial charge on any atom is -0.355 e. The third-order valence-electron chi connectivity index (χ3n) is 7.22. The van der Waals surface area contributed by atoms with Crippen LogP contribution in [-0.4, -0.2) is 65.9 Å². The number of rotatable bonds is 7. The maximum atomic E-state index is 13.2. The SMILES string of the molecule is CC1CC(C)CN(CCCCNC(=O)CN2C(=O)c3ccccc3N3C(=O)CCC23C)C1. The molecule has 3 unspecified atom stereocenters. The van der Waals surface area contributed by atoms with E-state index in [0.29, 0.717) is 30.6 Å². The molecule has 0 spiro atoms. The van der Waals surface area contributed by atoms with Gasteiger partial charge in [-0.15, -0.1) is 0 Å². The van der Waals surface area contributed by atoms with Crippen molar-refractivity contribution in [2.24, 2.45) is 11.8 Å². The summed E-state index contributed by atoms with van der Waals surface area (Å²) in [6.45, 7) is 10.5. The van der Waals surface area contributed by atoms with Gasteiger partial charge in [-0.25, -0.2) is 0 Å². The molecule has 0 bridgehead atoms. The Balaban J connectivity index is 1.30. The molecule has 32 heavy (non-hydrogen) atoms. The van der Waals surface area contributed by atoms with Crippen molar-refractivity contribution < 1.29 is 14.4 Å². The molecule has 1 N–H and O–H groups in total. The molecule has 4 rings (SSSR count). The van der Waals surface area contributed by atoms with E-state index in [2.05, 4.69) is 24.1 Å². The molecular weight excluding hydrogens is 404 g/mol. The minimum absolute atomic E-state index is 0.000734. The Bertz CT molecular complexity index is 878. The second-order valence-corrected chi connectivity index (χ2v) is 10.1. The number of likely N-dealkylation sites (tertiary alicyclic amines) is 1. The second-order valence-electron chi connectivity index (χ2n) is 10.1. The number of benzene rings is 1. The molecule has 3 aliphatic heterocycles. The lowest BCUT2D eigenvalue weighted by Crippen LogP contribution is -2.63. The quantitative estimate of drug-likeness (QED) is 0.662. The van der Waals surface area contributed by atoms with Crippen LogP contribution < -0.4 is 10.2 Å². The fourth-order valence-electron chi connectivity index (χ4n) is 5.80. The number of hydrogen-bond acceptors (Lipinski definition) is 4. The summed E-state index contributed by atoms with van der Waals surface area (Å²) in [5.41, 5.74) is 0.347. The molecule has 2 saturated heterocycles. The molecule has 174 valence electrons. The zero-order valence-corrected chi connectivity index (χ0v) is 19.6. The first-order valence-electron chi connectivity index (χ1n) is 12.0. The molecule has 2 fully saturated rings. The van der Waals surface area contributed by atoms with Crippen LogP contribution >= 0.6 is 0 Å². The van der Waals surface area contributed by atoms with Gasteiger partial charge in [0.25, 0.3) is 5.91 Å². The molecule has 0 radical (unpaired) electrons. The predicted octanol–water partition coefficient (Wildman–Crippen LogP) is 2.86. The Hall–Kier alpha value is -2.41. The highest BCUT2D eigenvalue weighted by atomic mass is 16.2. The standard InChI is InChI=1S/C25H36N4O3/c1-18-14-19(2)16-27(15-18)13-7-6-12-26-22(30)17-28-24(32)20-8-4-5-9-21(20)29-23(31)10-11-25(28,29)3/h4-5,8-9,18-19H,6-7,10-17H2,1-3H3,(H,26,30). The molecule has 3 amide bonds. The highest BCUT2D eigenvalue weighted by Crippen LogP contribution is 2.43. The molecule has 1 aromatic carbocycles. The van der Waals surface area contributed by atoms with E-state index in [9.17, 15) is 14.4 Å². The van der Waals surface area contributed by atoms with Crippen molar-refractivity contribution in [2.45, 2.75) is 58.5 Å². The van der Waals surface area contributed by atoms with Gasteiger partial charge < -0.3 is 15.1 Å². The normalized spacial score (nSPS) is 28.0. The van der Waals surface area contributed by atoms with E-state index in [4.69, 9.17) is 0 Å². The smallest absolute Gasteiger partial charge is 0.258 e. The Morgan fingerprint density at radius 2 is 1.84 bits per heavy atom. The maximum absolute atomic E-state index is 13.2. The van der Waals surface area contributed by atoms with Crippen LogP contribution in [0.4, 0.5) is 5.69 Å². The van der Waals surface area contributed by atoms with Crippen LogP contribution in [0.3, 0.4) is 0 Å². The topological polar surface area (TPSA) is 73.0 Å². The summed E-state index contributed by atoms with van der Waals surface area (Å²) < 4.78 is 0. The van der Waals surface area contributed by atoms with E-state index < -0.39 is 5.66 Å². The van der Waals surface area contributed by atoms with Crippen molar-refractivity contribution in [3.63, 3.8) is 0 Å². The van der Waals surface area contributed by atoms with Crippen molar-refractivity contribution in [1.29, 1.82) is 0 Å². The number of anilines is 1. The number of amides is 3. The lowest BCUT2D eigenvalue weighted by Gasteiger charge is -2.48. The summed E-state index contributed by atoms with van der Waals surface area (Å²) in [4.78, 5) is 44.4. The van der Waals surface area contributed by atoms with Crippen molar-refractivity contribution in [3.05, 3.63) is 29.8 Å². The van der Waals surface area contributed by atoms with Gasteiger partial charge in [0.05, 0.1) is 11.3 Å². The van der Waals surface area contributed by atoms with E-state index in [1.807, 2.05) is 19.1 Å². The van der Waals surface area contributed by atoms with Crippen LogP contribution in [0, 0.1) is 11.8 Å². The lowest BCUT2D eigenvalue weighted by molar-refractivity contribution is -0.124. The molecule has 7 nitrogen and oxygen atoms in total. The molecule has 0 aromatic heterocycles. The van der Waals surface area contributed by atoms with Gasteiger partial charge in [-0.3, -0.25) is 19.3 Å². The monoisotopic (exact) mass is 440 g/mol. The number of carbonyl (C=O) groups excluding carboxylic acids is 3. The molecule has 3 atom stereocenters. The number of fused-ring (bicyclic) bond motifs is 3. The van der Waals surface area contributed by atoms with Gasteiger partial charge in [-0.1, -0.05) is 26.0 Å². The molecule has 0 aliphatic carbocycles. The minimum atomic E-state index is -0.790. The first-order valence-corrected chi connectivity index (χ1v) is 12.0. The average Bonchev–Trinajstić information content (AvgIpc) is 3.05. The third kappa shape index (κ3) is 4.40. The predicted molar refractivity (Wildman–Crippen MR) is 124 cm³/mol. The molecular formula is C25H36N4O3. The zero-order valence-electron chi connectivity index (χ0n) is 19.6. The van der Waals surface area contributed by atoms with Crippen molar-refractivity contribution in [3.8, 4) is 0 Å². The number of piperidine rings is 1. The highest BCUT2D eigenvalue weighted by molar-refractivity contribution is 6.11. The Kier molecular flexibility index (Phi) is 6.56. The highest BCUT2D eigenvalue weighted by Gasteiger charge is 2.53. The van der Waals surface area contributed by atoms with Gasteiger partial charge in [-0.05, 0) is 63.1 Å². The van der Waals surface area contributed by atoms with Crippen LogP contribution in [-0.2, 0) is 9.59 Å². The Morgan fingerprint density at radius 1 is 1.12 bits per heavy atom. The van der Waals surface area contributed by atoms with E-state index in [1.165, 1.54) is 19.5 Å². The van der Waals surface area contributed by atoms with Gasteiger partial charge in [0.15, 0.2) is 0 Å². The largest absolute Gasteiger partial charge is 0.355 e. The Morgan fingerprint density at radius 3 is 2.59 bits per heavy atom. The third-order valence-corrected chi connectivity index (χ3v) is 7.22. The number of hydrogen-bond donors (Lipinski definition) is 1. The van der Waals surface area contributed by atoms with Crippen molar-refractivity contribution in [1.82, 2.24) is 15.1 Å². The number of nitrogens with zero attached hydrogens (tertiary/aromatic N) is 3. The molecule has 0 saturated carbocycles. The van der Waals surface area contributed by atoms with Crippen LogP contribution in [0.2, 0.25) is 0 Å². The Labute approximate surface area is 191 Å². The van der Waals surface area contributed by atoms with Crippen LogP contribution in [0.1, 0.15) is 63.2 Å². The van der Waals surface area contributed by atoms with Gasteiger partial charge in [0.1, 0.15) is 12.2 Å². The fourth-order valence-corrected chi connectivity index (χ4v) is 5.80. The van der Waals surface area contributed by atoms with E-state index in [1.54, 1.807) is 21.9 Å². The first-order chi connectivity index (χ1) is 15.3. The summed E-state index contributed by atoms with van der Waals surface area (Å²) in [5.74, 6) is 1.17. The van der Waals surface area contributed by atoms with Gasteiger partial charge in [0, 0.05) is 26.1 Å². The molecule has 1 aromatic rings. The van der Waals surface area contributed by atoms with Gasteiger partial charge >= 0.3 is 0 Å². The first kappa shape index (κ1) is 22.8. The summed E-state index contributed by atoms with van der Waals surface area (Å²) in [6, 6.07) is 7.18. The summed E-state index contributed by atoms with van der Waals surface area (Å²) >= 11 is 0. The number of unbranched alkanes of at least 4 members (excludes halogenated alkanes) is 1. The van der Waals surface area contributed by atoms with Crippen molar-refractivity contribution >= 4 is 23.4 Å². The number of para-hydroxylation sites is 1. The van der Waals surface area contributed by atoms with Gasteiger partial charge in [-0.2, -0.15) is 0 Å². The summed E-state index contributed by atoms with van der Waals surface area (Å²) in [5, 5.41) is 2.98. The van der Waals surface area contributed by atoms with E-state index in [0.717, 1.165) is 31.2 Å². The average molecular weight is 441 g/mol. The second kappa shape index (κ2) is 9.22. The fraction of sp³-hybridized carbons (Fsp3) is 0.640. The number of nitrogens with one attached hydrogen (secondary N) is 1. The summed E-state index contributed by atoms with van der Waals surface area (Å²) in [7, 11) is 0. The van der Waals surface area contributed by atoms with Crippen LogP contribution in [0.5, 0.6) is 0 Å². The van der Waals surface area contributed by atoms with Crippen LogP contribution in [0.25, 0.3) is 0 Å². The summed E-state index contributed by atoms with van der Waals surface area (Å²) in [6.07, 6.45) is 4.20. The van der Waals surface area contributed by atoms with Crippen molar-refractivity contribution in [2.75, 3.05) is 37.6 Å².